The average Bonchev–Trinajstić information content (AvgIpc) is 2.42. The highest BCUT2D eigenvalue weighted by Gasteiger charge is 2.26. The largest absolute Gasteiger partial charge is 0.302 e. The quantitative estimate of drug-likeness (QED) is 0.766. The van der Waals surface area contributed by atoms with E-state index >= 15 is 0 Å². The first-order valence-corrected chi connectivity index (χ1v) is 6.38. The molecule has 0 fully saturated rings. The van der Waals surface area contributed by atoms with Crippen LogP contribution in [0.4, 0.5) is 4.39 Å². The lowest BCUT2D eigenvalue weighted by molar-refractivity contribution is -0.112. The summed E-state index contributed by atoms with van der Waals surface area (Å²) in [6.45, 7) is 1.85. The molecule has 0 bridgehead atoms. The SMILES string of the molecule is CC(C=O)(Cc1ccc(Cl)cc1)c1ccc(F)cc1. The summed E-state index contributed by atoms with van der Waals surface area (Å²) in [7, 11) is 0. The molecule has 98 valence electrons. The predicted molar refractivity (Wildman–Crippen MR) is 75.0 cm³/mol. The molecule has 0 spiro atoms. The first kappa shape index (κ1) is 13.8. The molecule has 0 saturated heterocycles. The highest BCUT2D eigenvalue weighted by molar-refractivity contribution is 6.30. The van der Waals surface area contributed by atoms with E-state index in [1.807, 2.05) is 19.1 Å². The maximum Gasteiger partial charge on any atom is 0.130 e. The molecule has 2 rings (SSSR count). The van der Waals surface area contributed by atoms with Crippen molar-refractivity contribution in [3.05, 3.63) is 70.5 Å². The Morgan fingerprint density at radius 2 is 1.68 bits per heavy atom. The molecule has 0 N–H and O–H groups in total. The van der Waals surface area contributed by atoms with Gasteiger partial charge in [0.15, 0.2) is 0 Å². The van der Waals surface area contributed by atoms with Gasteiger partial charge in [-0.15, -0.1) is 0 Å². The van der Waals surface area contributed by atoms with Crippen molar-refractivity contribution >= 4 is 17.9 Å². The molecule has 0 aromatic heterocycles. The zero-order chi connectivity index (χ0) is 13.9. The molecule has 0 radical (unpaired) electrons. The van der Waals surface area contributed by atoms with Gasteiger partial charge in [-0.3, -0.25) is 0 Å². The molecule has 0 aliphatic heterocycles. The van der Waals surface area contributed by atoms with Gasteiger partial charge in [-0.2, -0.15) is 0 Å². The second-order valence-corrected chi connectivity index (χ2v) is 5.28. The Morgan fingerprint density at radius 1 is 1.11 bits per heavy atom. The van der Waals surface area contributed by atoms with E-state index < -0.39 is 5.41 Å². The standard InChI is InChI=1S/C16H14ClFO/c1-16(11-19,13-4-8-15(18)9-5-13)10-12-2-6-14(17)7-3-12/h2-9,11H,10H2,1H3. The molecular weight excluding hydrogens is 263 g/mol. The van der Waals surface area contributed by atoms with Crippen molar-refractivity contribution in [3.8, 4) is 0 Å². The summed E-state index contributed by atoms with van der Waals surface area (Å²) in [4.78, 5) is 11.5. The van der Waals surface area contributed by atoms with Crippen LogP contribution in [0.2, 0.25) is 5.02 Å². The number of aldehydes is 1. The molecule has 0 amide bonds. The number of halogens is 2. The van der Waals surface area contributed by atoms with Crippen molar-refractivity contribution in [2.45, 2.75) is 18.8 Å². The lowest BCUT2D eigenvalue weighted by atomic mass is 9.79. The smallest absolute Gasteiger partial charge is 0.130 e. The number of hydrogen-bond acceptors (Lipinski definition) is 1. The highest BCUT2D eigenvalue weighted by Crippen LogP contribution is 2.27. The molecule has 19 heavy (non-hydrogen) atoms. The van der Waals surface area contributed by atoms with E-state index in [0.717, 1.165) is 17.4 Å². The van der Waals surface area contributed by atoms with Gasteiger partial charge in [-0.1, -0.05) is 35.9 Å². The lowest BCUT2D eigenvalue weighted by Gasteiger charge is -2.23. The van der Waals surface area contributed by atoms with E-state index in [1.165, 1.54) is 12.1 Å². The molecule has 1 unspecified atom stereocenters. The molecule has 1 nitrogen and oxygen atoms in total. The Morgan fingerprint density at radius 3 is 2.21 bits per heavy atom. The Balaban J connectivity index is 2.29. The van der Waals surface area contributed by atoms with Crippen LogP contribution in [-0.4, -0.2) is 6.29 Å². The van der Waals surface area contributed by atoms with Crippen molar-refractivity contribution in [2.24, 2.45) is 0 Å². The minimum atomic E-state index is -0.665. The minimum Gasteiger partial charge on any atom is -0.302 e. The fourth-order valence-electron chi connectivity index (χ4n) is 2.07. The van der Waals surface area contributed by atoms with E-state index in [9.17, 15) is 9.18 Å². The third kappa shape index (κ3) is 3.21. The normalized spacial score (nSPS) is 13.8. The maximum absolute atomic E-state index is 12.9. The lowest BCUT2D eigenvalue weighted by Crippen LogP contribution is -2.26. The van der Waals surface area contributed by atoms with Gasteiger partial charge in [0, 0.05) is 5.02 Å². The number of carbonyl (C=O) groups excluding carboxylic acids is 1. The van der Waals surface area contributed by atoms with Crippen LogP contribution in [0.1, 0.15) is 18.1 Å². The molecule has 2 aromatic carbocycles. The van der Waals surface area contributed by atoms with E-state index in [1.54, 1.807) is 24.3 Å². The molecule has 0 aliphatic rings. The molecule has 0 aliphatic carbocycles. The van der Waals surface area contributed by atoms with E-state index in [2.05, 4.69) is 0 Å². The van der Waals surface area contributed by atoms with Crippen molar-refractivity contribution < 1.29 is 9.18 Å². The van der Waals surface area contributed by atoms with Gasteiger partial charge in [0.2, 0.25) is 0 Å². The van der Waals surface area contributed by atoms with Crippen LogP contribution in [0.15, 0.2) is 48.5 Å². The monoisotopic (exact) mass is 276 g/mol. The number of benzene rings is 2. The summed E-state index contributed by atoms with van der Waals surface area (Å²) in [5.41, 5.74) is 1.16. The van der Waals surface area contributed by atoms with Gasteiger partial charge >= 0.3 is 0 Å². The maximum atomic E-state index is 12.9. The van der Waals surface area contributed by atoms with E-state index in [4.69, 9.17) is 11.6 Å². The number of rotatable bonds is 4. The summed E-state index contributed by atoms with van der Waals surface area (Å²) in [6.07, 6.45) is 1.47. The number of hydrogen-bond donors (Lipinski definition) is 0. The van der Waals surface area contributed by atoms with Gasteiger partial charge in [0.25, 0.3) is 0 Å². The topological polar surface area (TPSA) is 17.1 Å². The van der Waals surface area contributed by atoms with Crippen LogP contribution in [0, 0.1) is 5.82 Å². The van der Waals surface area contributed by atoms with Crippen molar-refractivity contribution in [1.82, 2.24) is 0 Å². The predicted octanol–water partition coefficient (Wildman–Crippen LogP) is 4.18. The van der Waals surface area contributed by atoms with Gasteiger partial charge < -0.3 is 4.79 Å². The summed E-state index contributed by atoms with van der Waals surface area (Å²) >= 11 is 5.84. The van der Waals surface area contributed by atoms with Crippen LogP contribution in [0.3, 0.4) is 0 Å². The van der Waals surface area contributed by atoms with Gasteiger partial charge in [0.05, 0.1) is 5.41 Å². The molecule has 0 heterocycles. The van der Waals surface area contributed by atoms with Crippen molar-refractivity contribution in [1.29, 1.82) is 0 Å². The summed E-state index contributed by atoms with van der Waals surface area (Å²) in [6, 6.07) is 13.4. The summed E-state index contributed by atoms with van der Waals surface area (Å²) in [5.74, 6) is -0.302. The Labute approximate surface area is 117 Å². The Bertz CT molecular complexity index is 562. The molecular formula is C16H14ClFO. The van der Waals surface area contributed by atoms with E-state index in [0.29, 0.717) is 11.4 Å². The summed E-state index contributed by atoms with van der Waals surface area (Å²) < 4.78 is 12.9. The number of carbonyl (C=O) groups is 1. The first-order chi connectivity index (χ1) is 9.03. The zero-order valence-electron chi connectivity index (χ0n) is 10.6. The fraction of sp³-hybridized carbons (Fsp3) is 0.188. The van der Waals surface area contributed by atoms with Gasteiger partial charge in [-0.05, 0) is 48.7 Å². The third-order valence-electron chi connectivity index (χ3n) is 3.25. The molecule has 3 heteroatoms. The third-order valence-corrected chi connectivity index (χ3v) is 3.50. The van der Waals surface area contributed by atoms with E-state index in [-0.39, 0.29) is 5.82 Å². The zero-order valence-corrected chi connectivity index (χ0v) is 11.3. The van der Waals surface area contributed by atoms with Crippen LogP contribution in [0.5, 0.6) is 0 Å². The molecule has 0 saturated carbocycles. The Kier molecular flexibility index (Phi) is 4.01. The average molecular weight is 277 g/mol. The van der Waals surface area contributed by atoms with Gasteiger partial charge in [-0.25, -0.2) is 4.39 Å². The second-order valence-electron chi connectivity index (χ2n) is 4.85. The molecule has 1 atom stereocenters. The summed E-state index contributed by atoms with van der Waals surface area (Å²) in [5, 5.41) is 0.665. The van der Waals surface area contributed by atoms with Gasteiger partial charge in [0.1, 0.15) is 12.1 Å². The molecule has 2 aromatic rings. The van der Waals surface area contributed by atoms with Crippen molar-refractivity contribution in [3.63, 3.8) is 0 Å². The Hall–Kier alpha value is -1.67. The minimum absolute atomic E-state index is 0.302. The second kappa shape index (κ2) is 5.54. The van der Waals surface area contributed by atoms with Crippen LogP contribution >= 0.6 is 11.6 Å². The van der Waals surface area contributed by atoms with Crippen LogP contribution in [-0.2, 0) is 16.6 Å². The first-order valence-electron chi connectivity index (χ1n) is 6.00. The van der Waals surface area contributed by atoms with Crippen LogP contribution in [0.25, 0.3) is 0 Å². The fourth-order valence-corrected chi connectivity index (χ4v) is 2.19. The highest BCUT2D eigenvalue weighted by atomic mass is 35.5. The van der Waals surface area contributed by atoms with Crippen LogP contribution < -0.4 is 0 Å². The van der Waals surface area contributed by atoms with Crippen molar-refractivity contribution in [2.75, 3.05) is 0 Å².